The fourth-order valence-corrected chi connectivity index (χ4v) is 4.81. The molecule has 188 valence electrons. The van der Waals surface area contributed by atoms with Gasteiger partial charge in [0.05, 0.1) is 18.7 Å². The zero-order valence-corrected chi connectivity index (χ0v) is 20.6. The maximum atomic E-state index is 15.4. The second-order valence-electron chi connectivity index (χ2n) is 7.42. The van der Waals surface area contributed by atoms with Gasteiger partial charge in [-0.25, -0.2) is 32.2 Å². The van der Waals surface area contributed by atoms with Crippen molar-refractivity contribution in [3.63, 3.8) is 0 Å². The molecule has 0 saturated heterocycles. The Kier molecular flexibility index (Phi) is 7.48. The first kappa shape index (κ1) is 25.5. The molecule has 0 aliphatic heterocycles. The average molecular weight is 536 g/mol. The molecular weight excluding hydrogens is 516 g/mol. The van der Waals surface area contributed by atoms with Crippen molar-refractivity contribution in [3.8, 4) is 17.0 Å². The van der Waals surface area contributed by atoms with E-state index < -0.39 is 32.4 Å². The van der Waals surface area contributed by atoms with Crippen molar-refractivity contribution in [2.45, 2.75) is 4.90 Å². The lowest BCUT2D eigenvalue weighted by Crippen LogP contribution is -2.17. The van der Waals surface area contributed by atoms with Crippen LogP contribution in [0.4, 0.5) is 20.4 Å². The van der Waals surface area contributed by atoms with E-state index in [2.05, 4.69) is 25.0 Å². The molecule has 4 rings (SSSR count). The third-order valence-corrected chi connectivity index (χ3v) is 6.67. The van der Waals surface area contributed by atoms with Gasteiger partial charge in [-0.05, 0) is 23.6 Å². The summed E-state index contributed by atoms with van der Waals surface area (Å²) in [7, 11) is -1.60. The van der Waals surface area contributed by atoms with Crippen molar-refractivity contribution < 1.29 is 26.7 Å². The molecule has 0 atom stereocenters. The Morgan fingerprint density at radius 2 is 1.78 bits per heavy atom. The molecule has 3 heterocycles. The van der Waals surface area contributed by atoms with Gasteiger partial charge in [-0.3, -0.25) is 4.72 Å². The fraction of sp³-hybridized carbons (Fsp3) is 0.174. The summed E-state index contributed by atoms with van der Waals surface area (Å²) in [5, 5.41) is 3.79. The highest BCUT2D eigenvalue weighted by Gasteiger charge is 2.25. The first-order valence-corrected chi connectivity index (χ1v) is 12.3. The Hall–Kier alpha value is -3.61. The van der Waals surface area contributed by atoms with Gasteiger partial charge in [-0.15, -0.1) is 0 Å². The summed E-state index contributed by atoms with van der Waals surface area (Å²) in [4.78, 5) is 11.4. The lowest BCUT2D eigenvalue weighted by atomic mass is 10.0. The quantitative estimate of drug-likeness (QED) is 0.301. The Balaban J connectivity index is 1.70. The first-order valence-electron chi connectivity index (χ1n) is 10.4. The minimum atomic E-state index is -4.40. The van der Waals surface area contributed by atoms with E-state index in [1.165, 1.54) is 31.6 Å². The Labute approximate surface area is 210 Å². The van der Waals surface area contributed by atoms with Crippen LogP contribution < -0.4 is 14.8 Å². The van der Waals surface area contributed by atoms with Gasteiger partial charge in [0.1, 0.15) is 11.6 Å². The second-order valence-corrected chi connectivity index (χ2v) is 9.51. The van der Waals surface area contributed by atoms with Crippen LogP contribution in [0.2, 0.25) is 5.02 Å². The zero-order chi connectivity index (χ0) is 25.9. The van der Waals surface area contributed by atoms with Crippen LogP contribution in [0.5, 0.6) is 5.88 Å². The number of nitrogens with one attached hydrogen (secondary N) is 2. The molecule has 3 aromatic heterocycles. The number of ether oxygens (including phenoxy) is 2. The highest BCUT2D eigenvalue weighted by atomic mass is 35.5. The van der Waals surface area contributed by atoms with Crippen LogP contribution in [-0.2, 0) is 14.8 Å². The Morgan fingerprint density at radius 3 is 2.53 bits per heavy atom. The van der Waals surface area contributed by atoms with E-state index in [1.807, 2.05) is 0 Å². The summed E-state index contributed by atoms with van der Waals surface area (Å²) in [6.07, 6.45) is 3.70. The summed E-state index contributed by atoms with van der Waals surface area (Å²) >= 11 is 5.87. The van der Waals surface area contributed by atoms with E-state index in [0.717, 1.165) is 12.3 Å². The zero-order valence-electron chi connectivity index (χ0n) is 19.0. The van der Waals surface area contributed by atoms with E-state index in [0.29, 0.717) is 24.4 Å². The molecule has 2 N–H and O–H groups in total. The number of sulfonamides is 1. The minimum Gasteiger partial charge on any atom is -0.480 e. The van der Waals surface area contributed by atoms with E-state index >= 15 is 8.78 Å². The maximum absolute atomic E-state index is 15.4. The fourth-order valence-electron chi connectivity index (χ4n) is 3.43. The second kappa shape index (κ2) is 10.6. The molecule has 13 heteroatoms. The highest BCUT2D eigenvalue weighted by molar-refractivity contribution is 7.92. The smallest absolute Gasteiger partial charge is 0.268 e. The third-order valence-electron chi connectivity index (χ3n) is 5.13. The number of halogens is 3. The standard InChI is InChI=1S/C23H20ClF2N5O4S/c1-34-8-7-27-19-9-13-3-4-15(20(25)17(13)12-29-19)16-5-6-28-22(21(16)26)31-36(32,33)18-10-14(24)11-30-23(18)35-2/h3-6,9-12H,7-8H2,1-2H3,(H,27,29)(H,28,31). The molecule has 0 saturated carbocycles. The van der Waals surface area contributed by atoms with Crippen molar-refractivity contribution in [2.24, 2.45) is 0 Å². The minimum absolute atomic E-state index is 0.0299. The van der Waals surface area contributed by atoms with Gasteiger partial charge in [0.2, 0.25) is 5.88 Å². The van der Waals surface area contributed by atoms with Gasteiger partial charge in [-0.2, -0.15) is 0 Å². The van der Waals surface area contributed by atoms with Crippen LogP contribution in [0.15, 0.2) is 53.8 Å². The molecule has 0 bridgehead atoms. The van der Waals surface area contributed by atoms with Crippen molar-refractivity contribution in [1.82, 2.24) is 15.0 Å². The van der Waals surface area contributed by atoms with Gasteiger partial charge >= 0.3 is 0 Å². The number of benzene rings is 1. The van der Waals surface area contributed by atoms with Crippen LogP contribution >= 0.6 is 11.6 Å². The summed E-state index contributed by atoms with van der Waals surface area (Å²) in [5.41, 5.74) is -0.285. The molecule has 36 heavy (non-hydrogen) atoms. The topological polar surface area (TPSA) is 115 Å². The van der Waals surface area contributed by atoms with Crippen molar-refractivity contribution in [2.75, 3.05) is 37.4 Å². The lowest BCUT2D eigenvalue weighted by Gasteiger charge is -2.13. The van der Waals surface area contributed by atoms with Gasteiger partial charge in [0, 0.05) is 48.8 Å². The number of hydrogen-bond donors (Lipinski definition) is 2. The van der Waals surface area contributed by atoms with E-state index in [-0.39, 0.29) is 27.4 Å². The van der Waals surface area contributed by atoms with Crippen molar-refractivity contribution in [3.05, 3.63) is 65.6 Å². The van der Waals surface area contributed by atoms with Crippen LogP contribution in [0.1, 0.15) is 0 Å². The van der Waals surface area contributed by atoms with Crippen LogP contribution in [0.3, 0.4) is 0 Å². The molecule has 0 radical (unpaired) electrons. The number of aromatic nitrogens is 3. The van der Waals surface area contributed by atoms with E-state index in [9.17, 15) is 8.42 Å². The Morgan fingerprint density at radius 1 is 1.00 bits per heavy atom. The predicted octanol–water partition coefficient (Wildman–Crippen LogP) is 4.49. The molecular formula is C23H20ClF2N5O4S. The van der Waals surface area contributed by atoms with Crippen LogP contribution in [-0.4, -0.2) is 50.7 Å². The number of anilines is 2. The molecule has 0 fully saturated rings. The van der Waals surface area contributed by atoms with Crippen molar-refractivity contribution >= 4 is 44.0 Å². The molecule has 0 aliphatic carbocycles. The monoisotopic (exact) mass is 535 g/mol. The predicted molar refractivity (Wildman–Crippen MR) is 132 cm³/mol. The first-order chi connectivity index (χ1) is 17.2. The largest absolute Gasteiger partial charge is 0.480 e. The molecule has 0 aliphatic rings. The number of fused-ring (bicyclic) bond motifs is 1. The Bertz CT molecular complexity index is 1540. The summed E-state index contributed by atoms with van der Waals surface area (Å²) in [6.45, 7) is 0.995. The molecule has 0 spiro atoms. The molecule has 4 aromatic rings. The van der Waals surface area contributed by atoms with Gasteiger partial charge in [0.15, 0.2) is 16.5 Å². The van der Waals surface area contributed by atoms with Crippen molar-refractivity contribution in [1.29, 1.82) is 0 Å². The van der Waals surface area contributed by atoms with Crippen LogP contribution in [0.25, 0.3) is 21.9 Å². The number of nitrogens with zero attached hydrogens (tertiary/aromatic N) is 3. The SMILES string of the molecule is COCCNc1cc2ccc(-c3ccnc(NS(=O)(=O)c4cc(Cl)cnc4OC)c3F)c(F)c2cn1. The molecule has 9 nitrogen and oxygen atoms in total. The average Bonchev–Trinajstić information content (AvgIpc) is 2.86. The lowest BCUT2D eigenvalue weighted by molar-refractivity contribution is 0.210. The van der Waals surface area contributed by atoms with Crippen LogP contribution in [0, 0.1) is 11.6 Å². The number of rotatable bonds is 9. The number of hydrogen-bond acceptors (Lipinski definition) is 8. The normalized spacial score (nSPS) is 11.5. The molecule has 1 aromatic carbocycles. The highest BCUT2D eigenvalue weighted by Crippen LogP contribution is 2.34. The number of pyridine rings is 3. The molecule has 0 unspecified atom stereocenters. The third kappa shape index (κ3) is 5.15. The molecule has 0 amide bonds. The van der Waals surface area contributed by atoms with E-state index in [1.54, 1.807) is 19.2 Å². The number of methoxy groups -OCH3 is 2. The van der Waals surface area contributed by atoms with Gasteiger partial charge < -0.3 is 14.8 Å². The van der Waals surface area contributed by atoms with Gasteiger partial charge in [0.25, 0.3) is 10.0 Å². The summed E-state index contributed by atoms with van der Waals surface area (Å²) < 4.78 is 68.6. The maximum Gasteiger partial charge on any atom is 0.268 e. The van der Waals surface area contributed by atoms with Gasteiger partial charge in [-0.1, -0.05) is 23.7 Å². The summed E-state index contributed by atoms with van der Waals surface area (Å²) in [5.74, 6) is -2.14. The summed E-state index contributed by atoms with van der Waals surface area (Å²) in [6, 6.07) is 7.02. The van der Waals surface area contributed by atoms with E-state index in [4.69, 9.17) is 21.1 Å².